The van der Waals surface area contributed by atoms with Crippen molar-refractivity contribution in [2.75, 3.05) is 19.8 Å². The van der Waals surface area contributed by atoms with Crippen molar-refractivity contribution in [2.24, 2.45) is 5.41 Å². The normalized spacial score (nSPS) is 11.7. The Bertz CT molecular complexity index is 734. The van der Waals surface area contributed by atoms with E-state index in [9.17, 15) is 19.5 Å². The van der Waals surface area contributed by atoms with Gasteiger partial charge < -0.3 is 19.3 Å². The fourth-order valence-corrected chi connectivity index (χ4v) is 2.19. The molecule has 0 aliphatic carbocycles. The van der Waals surface area contributed by atoms with Crippen molar-refractivity contribution in [3.05, 3.63) is 67.6 Å². The Hall–Kier alpha value is -3.26. The number of aliphatic hydroxyl groups excluding tert-OH is 1. The van der Waals surface area contributed by atoms with Crippen LogP contribution in [0.2, 0.25) is 0 Å². The molecule has 0 fully saturated rings. The molecule has 1 rings (SSSR count). The van der Waals surface area contributed by atoms with E-state index < -0.39 is 29.4 Å². The molecule has 0 bridgehead atoms. The largest absolute Gasteiger partial charge is 0.462 e. The van der Waals surface area contributed by atoms with Crippen molar-refractivity contribution in [1.29, 1.82) is 0 Å². The highest BCUT2D eigenvalue weighted by molar-refractivity contribution is 5.89. The summed E-state index contributed by atoms with van der Waals surface area (Å²) in [5, 5.41) is 10.3. The van der Waals surface area contributed by atoms with Gasteiger partial charge in [0.05, 0.1) is 11.0 Å². The number of aliphatic hydroxyl groups is 1. The molecule has 8 nitrogen and oxygen atoms in total. The smallest absolute Gasteiger partial charge is 0.336 e. The number of H-pyrrole nitrogens is 1. The van der Waals surface area contributed by atoms with Crippen molar-refractivity contribution in [2.45, 2.75) is 19.4 Å². The lowest BCUT2D eigenvalue weighted by molar-refractivity contribution is -0.397. The highest BCUT2D eigenvalue weighted by Crippen LogP contribution is 2.26. The van der Waals surface area contributed by atoms with E-state index in [2.05, 4.69) is 24.7 Å². The lowest BCUT2D eigenvalue weighted by Gasteiger charge is -2.30. The van der Waals surface area contributed by atoms with Gasteiger partial charge in [0, 0.05) is 24.3 Å². The molecule has 8 heteroatoms. The van der Waals surface area contributed by atoms with Gasteiger partial charge in [-0.15, -0.1) is 0 Å². The van der Waals surface area contributed by atoms with Gasteiger partial charge in [0.25, 0.3) is 0 Å². The van der Waals surface area contributed by atoms with Crippen LogP contribution in [0.5, 0.6) is 0 Å². The number of aromatic amines is 1. The molecule has 1 aromatic heterocycles. The summed E-state index contributed by atoms with van der Waals surface area (Å²) in [4.78, 5) is 38.1. The third-order valence-electron chi connectivity index (χ3n) is 4.25. The summed E-state index contributed by atoms with van der Waals surface area (Å²) in [6, 6.07) is 5.02. The number of hydrogen-bond acceptors (Lipinski definition) is 7. The molecule has 0 amide bonds. The molecule has 0 saturated heterocycles. The van der Waals surface area contributed by atoms with Crippen LogP contribution >= 0.6 is 0 Å². The summed E-state index contributed by atoms with van der Waals surface area (Å²) >= 11 is 0. The SMILES string of the molecule is C=CC(=O)OCC(CC)(COC(=O)C=C)COC(=O)C(=C)C(O)c1cccc[nH+]1. The molecule has 0 aliphatic rings. The van der Waals surface area contributed by atoms with Crippen molar-refractivity contribution < 1.29 is 38.7 Å². The lowest BCUT2D eigenvalue weighted by atomic mass is 9.88. The van der Waals surface area contributed by atoms with E-state index in [-0.39, 0.29) is 25.4 Å². The summed E-state index contributed by atoms with van der Waals surface area (Å²) in [5.41, 5.74) is -0.795. The maximum Gasteiger partial charge on any atom is 0.336 e. The maximum absolute atomic E-state index is 12.4. The fraction of sp³-hybridized carbons (Fsp3) is 0.333. The summed E-state index contributed by atoms with van der Waals surface area (Å²) in [6.45, 7) is 11.4. The highest BCUT2D eigenvalue weighted by atomic mass is 16.6. The van der Waals surface area contributed by atoms with Crippen molar-refractivity contribution in [3.8, 4) is 0 Å². The Balaban J connectivity index is 2.84. The van der Waals surface area contributed by atoms with E-state index in [1.807, 2.05) is 0 Å². The number of carbonyl (C=O) groups is 3. The van der Waals surface area contributed by atoms with Gasteiger partial charge in [0.15, 0.2) is 12.3 Å². The topological polar surface area (TPSA) is 113 Å². The van der Waals surface area contributed by atoms with Crippen LogP contribution in [-0.4, -0.2) is 42.8 Å². The minimum atomic E-state index is -1.28. The zero-order valence-electron chi connectivity index (χ0n) is 16.4. The first-order valence-electron chi connectivity index (χ1n) is 8.87. The van der Waals surface area contributed by atoms with Crippen LogP contribution in [0.4, 0.5) is 0 Å². The monoisotopic (exact) mass is 404 g/mol. The number of carbonyl (C=O) groups excluding carboxylic acids is 3. The zero-order valence-corrected chi connectivity index (χ0v) is 16.4. The van der Waals surface area contributed by atoms with E-state index in [1.165, 1.54) is 0 Å². The summed E-state index contributed by atoms with van der Waals surface area (Å²) in [7, 11) is 0. The minimum absolute atomic E-state index is 0.173. The second-order valence-corrected chi connectivity index (χ2v) is 6.30. The first kappa shape index (κ1) is 23.8. The molecule has 1 aromatic rings. The molecule has 0 radical (unpaired) electrons. The molecule has 2 N–H and O–H groups in total. The average Bonchev–Trinajstić information content (AvgIpc) is 2.77. The number of pyridine rings is 1. The predicted molar refractivity (Wildman–Crippen MR) is 103 cm³/mol. The standard InChI is InChI=1S/C21H25NO7/c1-5-17(23)27-12-21(7-3,13-28-18(24)6-2)14-29-20(26)15(4)19(25)16-10-8-9-11-22-16/h5-6,8-11,19,25H,1-2,4,7,12-14H2,3H3/p+1. The van der Waals surface area contributed by atoms with E-state index in [0.29, 0.717) is 12.1 Å². The van der Waals surface area contributed by atoms with Crippen LogP contribution in [0.15, 0.2) is 61.9 Å². The quantitative estimate of drug-likeness (QED) is 0.319. The number of hydrogen-bond donors (Lipinski definition) is 1. The first-order chi connectivity index (χ1) is 13.8. The first-order valence-corrected chi connectivity index (χ1v) is 8.87. The van der Waals surface area contributed by atoms with E-state index >= 15 is 0 Å². The number of ether oxygens (including phenoxy) is 3. The Kier molecular flexibility index (Phi) is 9.47. The molecule has 0 saturated carbocycles. The second kappa shape index (κ2) is 11.6. The van der Waals surface area contributed by atoms with Gasteiger partial charge in [-0.05, 0) is 12.5 Å². The lowest BCUT2D eigenvalue weighted by Crippen LogP contribution is -2.39. The Morgan fingerprint density at radius 3 is 2.10 bits per heavy atom. The Morgan fingerprint density at radius 2 is 1.66 bits per heavy atom. The summed E-state index contributed by atoms with van der Waals surface area (Å²) in [6.07, 6.45) is 2.67. The van der Waals surface area contributed by atoms with Gasteiger partial charge in [-0.25, -0.2) is 19.4 Å². The predicted octanol–water partition coefficient (Wildman–Crippen LogP) is 1.49. The van der Waals surface area contributed by atoms with Crippen LogP contribution in [0.1, 0.15) is 25.1 Å². The Labute approximate surface area is 169 Å². The zero-order chi connectivity index (χ0) is 21.9. The van der Waals surface area contributed by atoms with Crippen LogP contribution < -0.4 is 4.98 Å². The maximum atomic E-state index is 12.4. The van der Waals surface area contributed by atoms with Crippen molar-refractivity contribution in [3.63, 3.8) is 0 Å². The van der Waals surface area contributed by atoms with Gasteiger partial charge in [-0.1, -0.05) is 26.7 Å². The van der Waals surface area contributed by atoms with Crippen LogP contribution in [0.3, 0.4) is 0 Å². The molecule has 0 spiro atoms. The summed E-state index contributed by atoms with van der Waals surface area (Å²) < 4.78 is 15.4. The molecule has 1 heterocycles. The number of nitrogens with one attached hydrogen (secondary N) is 1. The number of esters is 3. The average molecular weight is 404 g/mol. The van der Waals surface area contributed by atoms with Gasteiger partial charge in [-0.2, -0.15) is 0 Å². The van der Waals surface area contributed by atoms with Gasteiger partial charge in [0.2, 0.25) is 5.69 Å². The van der Waals surface area contributed by atoms with Gasteiger partial charge >= 0.3 is 17.9 Å². The number of aromatic nitrogens is 1. The Morgan fingerprint density at radius 1 is 1.10 bits per heavy atom. The van der Waals surface area contributed by atoms with Gasteiger partial charge in [-0.3, -0.25) is 0 Å². The van der Waals surface area contributed by atoms with Crippen molar-refractivity contribution in [1.82, 2.24) is 0 Å². The summed E-state index contributed by atoms with van der Waals surface area (Å²) in [5.74, 6) is -2.16. The van der Waals surface area contributed by atoms with Gasteiger partial charge in [0.1, 0.15) is 19.8 Å². The molecule has 0 aromatic carbocycles. The molecule has 29 heavy (non-hydrogen) atoms. The highest BCUT2D eigenvalue weighted by Gasteiger charge is 2.35. The molecular weight excluding hydrogens is 378 g/mol. The van der Waals surface area contributed by atoms with E-state index in [1.54, 1.807) is 31.3 Å². The molecular formula is C21H26NO7+. The molecule has 0 aliphatic heterocycles. The fourth-order valence-electron chi connectivity index (χ4n) is 2.19. The second-order valence-electron chi connectivity index (χ2n) is 6.30. The molecule has 1 atom stereocenters. The molecule has 1 unspecified atom stereocenters. The van der Waals surface area contributed by atoms with E-state index in [4.69, 9.17) is 14.2 Å². The van der Waals surface area contributed by atoms with Crippen LogP contribution in [0.25, 0.3) is 0 Å². The van der Waals surface area contributed by atoms with E-state index in [0.717, 1.165) is 12.2 Å². The third-order valence-corrected chi connectivity index (χ3v) is 4.25. The van der Waals surface area contributed by atoms with Crippen LogP contribution in [-0.2, 0) is 28.6 Å². The minimum Gasteiger partial charge on any atom is -0.462 e. The third kappa shape index (κ3) is 7.34. The van der Waals surface area contributed by atoms with Crippen molar-refractivity contribution >= 4 is 17.9 Å². The van der Waals surface area contributed by atoms with Crippen LogP contribution in [0, 0.1) is 5.41 Å². The molecule has 156 valence electrons. The number of rotatable bonds is 12.